The molecule has 2 aromatic rings. The largest absolute Gasteiger partial charge is 0.490 e. The predicted molar refractivity (Wildman–Crippen MR) is 115 cm³/mol. The van der Waals surface area contributed by atoms with Crippen LogP contribution in [0.1, 0.15) is 29.8 Å². The van der Waals surface area contributed by atoms with Crippen molar-refractivity contribution in [1.29, 1.82) is 0 Å². The molecule has 0 aliphatic carbocycles. The Morgan fingerprint density at radius 1 is 1.31 bits per heavy atom. The molecular weight excluding hydrogens is 443 g/mol. The van der Waals surface area contributed by atoms with Gasteiger partial charge in [0.15, 0.2) is 0 Å². The molecule has 1 N–H and O–H groups in total. The van der Waals surface area contributed by atoms with E-state index in [1.165, 1.54) is 17.0 Å². The Hall–Kier alpha value is -2.01. The number of carboxylic acids is 1. The molecule has 2 saturated heterocycles. The number of likely N-dealkylation sites (tertiary alicyclic amines) is 1. The van der Waals surface area contributed by atoms with Crippen LogP contribution in [0.5, 0.6) is 0 Å². The number of rotatable bonds is 5. The van der Waals surface area contributed by atoms with Crippen molar-refractivity contribution < 1.29 is 27.8 Å². The van der Waals surface area contributed by atoms with E-state index in [0.29, 0.717) is 6.04 Å². The Morgan fingerprint density at radius 2 is 1.97 bits per heavy atom. The summed E-state index contributed by atoms with van der Waals surface area (Å²) in [5.74, 6) is -2.76. The highest BCUT2D eigenvalue weighted by Crippen LogP contribution is 2.38. The molecule has 1 aromatic carbocycles. The average Bonchev–Trinajstić information content (AvgIpc) is 3.41. The number of nitrogens with zero attached hydrogens (tertiary/aromatic N) is 3. The van der Waals surface area contributed by atoms with Gasteiger partial charge in [-0.25, -0.2) is 9.78 Å². The lowest BCUT2D eigenvalue weighted by atomic mass is 9.87. The first-order valence-electron chi connectivity index (χ1n) is 10.5. The fourth-order valence-corrected chi connectivity index (χ4v) is 4.75. The van der Waals surface area contributed by atoms with Crippen molar-refractivity contribution in [2.24, 2.45) is 0 Å². The molecule has 0 bridgehead atoms. The van der Waals surface area contributed by atoms with Gasteiger partial charge in [0.25, 0.3) is 0 Å². The number of hydrogen-bond acceptors (Lipinski definition) is 6. The topological polar surface area (TPSA) is 65.9 Å². The summed E-state index contributed by atoms with van der Waals surface area (Å²) in [6.45, 7) is 5.10. The fraction of sp³-hybridized carbons (Fsp3) is 0.545. The van der Waals surface area contributed by atoms with E-state index in [9.17, 15) is 13.2 Å². The maximum atomic E-state index is 10.6. The van der Waals surface area contributed by atoms with E-state index in [1.54, 1.807) is 11.3 Å². The van der Waals surface area contributed by atoms with Crippen molar-refractivity contribution in [1.82, 2.24) is 14.8 Å². The maximum Gasteiger partial charge on any atom is 0.490 e. The molecular formula is C22H28F3N3O3S. The molecule has 2 aliphatic heterocycles. The first kappa shape index (κ1) is 24.6. The number of likely N-dealkylation sites (N-methyl/N-ethyl adjacent to an activating group) is 1. The van der Waals surface area contributed by atoms with Crippen molar-refractivity contribution in [3.8, 4) is 0 Å². The van der Waals surface area contributed by atoms with Crippen LogP contribution >= 0.6 is 11.3 Å². The van der Waals surface area contributed by atoms with Crippen LogP contribution < -0.4 is 0 Å². The van der Waals surface area contributed by atoms with Gasteiger partial charge >= 0.3 is 12.1 Å². The van der Waals surface area contributed by atoms with Gasteiger partial charge in [0, 0.05) is 37.3 Å². The smallest absolute Gasteiger partial charge is 0.475 e. The molecule has 4 rings (SSSR count). The standard InChI is InChI=1S/C20H27N3OS.C2HF3O2/c1-22(14-17-5-3-2-4-6-17)18-13-20(24-16-18)7-10-23(11-8-20)15-19-21-9-12-25-19;3-2(4,5)1(6)7/h2-6,9,12,18H,7-8,10-11,13-16H2,1H3;(H,6,7). The van der Waals surface area contributed by atoms with E-state index in [4.69, 9.17) is 14.6 Å². The summed E-state index contributed by atoms with van der Waals surface area (Å²) in [6, 6.07) is 11.3. The van der Waals surface area contributed by atoms with Gasteiger partial charge in [-0.2, -0.15) is 13.2 Å². The predicted octanol–water partition coefficient (Wildman–Crippen LogP) is 4.03. The number of carboxylic acid groups (broad SMARTS) is 1. The van der Waals surface area contributed by atoms with Gasteiger partial charge in [-0.3, -0.25) is 9.80 Å². The Bertz CT molecular complexity index is 841. The van der Waals surface area contributed by atoms with Crippen LogP contribution in [0, 0.1) is 0 Å². The van der Waals surface area contributed by atoms with Crippen molar-refractivity contribution in [3.63, 3.8) is 0 Å². The lowest BCUT2D eigenvalue weighted by Crippen LogP contribution is -2.44. The molecule has 1 atom stereocenters. The number of halogens is 3. The second-order valence-electron chi connectivity index (χ2n) is 8.26. The molecule has 2 aliphatic rings. The Labute approximate surface area is 189 Å². The lowest BCUT2D eigenvalue weighted by molar-refractivity contribution is -0.192. The molecule has 3 heterocycles. The third-order valence-corrected chi connectivity index (χ3v) is 6.70. The van der Waals surface area contributed by atoms with Gasteiger partial charge in [0.2, 0.25) is 0 Å². The first-order chi connectivity index (χ1) is 15.2. The fourth-order valence-electron chi connectivity index (χ4n) is 4.09. The zero-order chi connectivity index (χ0) is 23.2. The van der Waals surface area contributed by atoms with Crippen molar-refractivity contribution in [2.45, 2.75) is 50.2 Å². The van der Waals surface area contributed by atoms with E-state index in [-0.39, 0.29) is 5.60 Å². The first-order valence-corrected chi connectivity index (χ1v) is 11.3. The van der Waals surface area contributed by atoms with E-state index < -0.39 is 12.1 Å². The van der Waals surface area contributed by atoms with Crippen LogP contribution in [0.3, 0.4) is 0 Å². The summed E-state index contributed by atoms with van der Waals surface area (Å²) < 4.78 is 38.1. The summed E-state index contributed by atoms with van der Waals surface area (Å²) in [6.07, 6.45) is 0.280. The van der Waals surface area contributed by atoms with Crippen molar-refractivity contribution >= 4 is 17.3 Å². The van der Waals surface area contributed by atoms with E-state index in [0.717, 1.165) is 45.6 Å². The van der Waals surface area contributed by atoms with Crippen LogP contribution in [0.2, 0.25) is 0 Å². The van der Waals surface area contributed by atoms with Crippen LogP contribution in [-0.2, 0) is 22.6 Å². The number of carbonyl (C=O) groups is 1. The minimum Gasteiger partial charge on any atom is -0.475 e. The maximum absolute atomic E-state index is 10.6. The van der Waals surface area contributed by atoms with Gasteiger partial charge in [0.1, 0.15) is 5.01 Å². The summed E-state index contributed by atoms with van der Waals surface area (Å²) in [5.41, 5.74) is 1.49. The van der Waals surface area contributed by atoms with Crippen molar-refractivity contribution in [2.75, 3.05) is 26.7 Å². The van der Waals surface area contributed by atoms with Crippen LogP contribution in [0.4, 0.5) is 13.2 Å². The minimum atomic E-state index is -5.08. The van der Waals surface area contributed by atoms with E-state index in [2.05, 4.69) is 57.5 Å². The molecule has 0 radical (unpaired) electrons. The second-order valence-corrected chi connectivity index (χ2v) is 9.24. The third kappa shape index (κ3) is 6.99. The number of alkyl halides is 3. The number of aliphatic carboxylic acids is 1. The van der Waals surface area contributed by atoms with Crippen molar-refractivity contribution in [3.05, 3.63) is 52.5 Å². The average molecular weight is 472 g/mol. The minimum absolute atomic E-state index is 0.106. The van der Waals surface area contributed by atoms with Gasteiger partial charge in [-0.15, -0.1) is 11.3 Å². The lowest BCUT2D eigenvalue weighted by Gasteiger charge is -2.38. The number of benzene rings is 1. The number of piperidine rings is 1. The molecule has 0 saturated carbocycles. The summed E-state index contributed by atoms with van der Waals surface area (Å²) in [4.78, 5) is 18.3. The highest BCUT2D eigenvalue weighted by atomic mass is 32.1. The molecule has 1 spiro atoms. The van der Waals surface area contributed by atoms with Gasteiger partial charge in [0.05, 0.1) is 18.8 Å². The zero-order valence-corrected chi connectivity index (χ0v) is 18.7. The third-order valence-electron chi connectivity index (χ3n) is 5.94. The molecule has 2 fully saturated rings. The van der Waals surface area contributed by atoms with Crippen LogP contribution in [-0.4, -0.2) is 70.4 Å². The molecule has 6 nitrogen and oxygen atoms in total. The second kappa shape index (κ2) is 10.7. The molecule has 176 valence electrons. The summed E-state index contributed by atoms with van der Waals surface area (Å²) in [7, 11) is 2.23. The summed E-state index contributed by atoms with van der Waals surface area (Å²) >= 11 is 1.75. The van der Waals surface area contributed by atoms with Gasteiger partial charge in [-0.05, 0) is 31.9 Å². The number of hydrogen-bond donors (Lipinski definition) is 1. The molecule has 0 amide bonds. The normalized spacial score (nSPS) is 20.8. The molecule has 32 heavy (non-hydrogen) atoms. The monoisotopic (exact) mass is 471 g/mol. The zero-order valence-electron chi connectivity index (χ0n) is 17.9. The molecule has 10 heteroatoms. The Balaban J connectivity index is 0.000000360. The Kier molecular flexibility index (Phi) is 8.26. The summed E-state index contributed by atoms with van der Waals surface area (Å²) in [5, 5.41) is 10.4. The highest BCUT2D eigenvalue weighted by molar-refractivity contribution is 7.09. The van der Waals surface area contributed by atoms with Crippen LogP contribution in [0.25, 0.3) is 0 Å². The van der Waals surface area contributed by atoms with E-state index >= 15 is 0 Å². The molecule has 1 aromatic heterocycles. The number of thiazole rings is 1. The van der Waals surface area contributed by atoms with Gasteiger partial charge < -0.3 is 9.84 Å². The highest BCUT2D eigenvalue weighted by Gasteiger charge is 2.43. The quantitative estimate of drug-likeness (QED) is 0.710. The van der Waals surface area contributed by atoms with Gasteiger partial charge in [-0.1, -0.05) is 30.3 Å². The number of aromatic nitrogens is 1. The SMILES string of the molecule is CN(Cc1ccccc1)C1COC2(CCN(Cc3nccs3)CC2)C1.O=C(O)C(F)(F)F. The molecule has 1 unspecified atom stereocenters. The van der Waals surface area contributed by atoms with Crippen LogP contribution in [0.15, 0.2) is 41.9 Å². The Morgan fingerprint density at radius 3 is 2.53 bits per heavy atom. The van der Waals surface area contributed by atoms with E-state index in [1.807, 2.05) is 6.20 Å². The number of ether oxygens (including phenoxy) is 1.